The lowest BCUT2D eigenvalue weighted by atomic mass is 10.0. The molecule has 0 aliphatic rings. The summed E-state index contributed by atoms with van der Waals surface area (Å²) in [4.78, 5) is 15.1. The number of aromatic nitrogens is 1. The Balaban J connectivity index is 2.20. The van der Waals surface area contributed by atoms with Gasteiger partial charge < -0.3 is 16.0 Å². The van der Waals surface area contributed by atoms with Gasteiger partial charge in [-0.1, -0.05) is 12.1 Å². The normalized spacial score (nSPS) is 11.4. The molecule has 0 spiro atoms. The zero-order valence-electron chi connectivity index (χ0n) is 11.5. The first-order chi connectivity index (χ1) is 9.37. The van der Waals surface area contributed by atoms with Gasteiger partial charge in [-0.2, -0.15) is 0 Å². The number of hydrogen-bond donors (Lipinski definition) is 3. The van der Waals surface area contributed by atoms with Crippen LogP contribution in [0.15, 0.2) is 36.7 Å². The molecule has 4 N–H and O–H groups in total. The van der Waals surface area contributed by atoms with Crippen molar-refractivity contribution in [1.29, 1.82) is 0 Å². The Kier molecular flexibility index (Phi) is 3.90. The summed E-state index contributed by atoms with van der Waals surface area (Å²) in [5.41, 5.74) is 7.40. The van der Waals surface area contributed by atoms with Gasteiger partial charge in [-0.15, -0.1) is 0 Å². The number of halogens is 1. The van der Waals surface area contributed by atoms with E-state index in [2.05, 4.69) is 10.3 Å². The summed E-state index contributed by atoms with van der Waals surface area (Å²) in [7, 11) is 0. The summed E-state index contributed by atoms with van der Waals surface area (Å²) in [5.74, 6) is -0.510. The number of nitrogens with one attached hydrogen (secondary N) is 2. The summed E-state index contributed by atoms with van der Waals surface area (Å²) >= 11 is 0. The molecule has 1 amide bonds. The van der Waals surface area contributed by atoms with Gasteiger partial charge in [0.1, 0.15) is 5.82 Å². The molecule has 0 aliphatic heterocycles. The van der Waals surface area contributed by atoms with E-state index < -0.39 is 5.54 Å². The fourth-order valence-electron chi connectivity index (χ4n) is 1.82. The van der Waals surface area contributed by atoms with Crippen molar-refractivity contribution in [2.75, 3.05) is 6.54 Å². The highest BCUT2D eigenvalue weighted by Gasteiger charge is 2.17. The summed E-state index contributed by atoms with van der Waals surface area (Å²) < 4.78 is 12.9. The van der Waals surface area contributed by atoms with Crippen LogP contribution in [-0.2, 0) is 0 Å². The molecule has 1 aromatic heterocycles. The number of amides is 1. The second-order valence-electron chi connectivity index (χ2n) is 5.46. The molecule has 0 saturated carbocycles. The van der Waals surface area contributed by atoms with Gasteiger partial charge in [-0.25, -0.2) is 4.39 Å². The van der Waals surface area contributed by atoms with Gasteiger partial charge in [0.05, 0.1) is 5.56 Å². The lowest BCUT2D eigenvalue weighted by molar-refractivity contribution is 0.0947. The quantitative estimate of drug-likeness (QED) is 0.801. The highest BCUT2D eigenvalue weighted by molar-refractivity contribution is 6.00. The predicted octanol–water partition coefficient (Wildman–Crippen LogP) is 2.29. The van der Waals surface area contributed by atoms with E-state index in [1.807, 2.05) is 13.8 Å². The molecule has 0 fully saturated rings. The first-order valence-corrected chi connectivity index (χ1v) is 6.36. The average Bonchev–Trinajstić information content (AvgIpc) is 2.85. The molecule has 0 saturated heterocycles. The Labute approximate surface area is 117 Å². The minimum Gasteiger partial charge on any atom is -0.366 e. The van der Waals surface area contributed by atoms with Crippen LogP contribution < -0.4 is 11.1 Å². The molecular formula is C15H18FN3O. The molecule has 1 heterocycles. The number of aromatic amines is 1. The van der Waals surface area contributed by atoms with Crippen molar-refractivity contribution in [2.24, 2.45) is 5.73 Å². The van der Waals surface area contributed by atoms with Gasteiger partial charge in [0.25, 0.3) is 5.91 Å². The van der Waals surface area contributed by atoms with Crippen LogP contribution in [0.5, 0.6) is 0 Å². The van der Waals surface area contributed by atoms with Crippen molar-refractivity contribution in [3.63, 3.8) is 0 Å². The van der Waals surface area contributed by atoms with Crippen molar-refractivity contribution in [2.45, 2.75) is 19.4 Å². The summed E-state index contributed by atoms with van der Waals surface area (Å²) in [6.07, 6.45) is 3.34. The molecule has 20 heavy (non-hydrogen) atoms. The molecule has 0 atom stereocenters. The smallest absolute Gasteiger partial charge is 0.253 e. The van der Waals surface area contributed by atoms with Crippen molar-refractivity contribution in [3.05, 3.63) is 48.0 Å². The number of H-pyrrole nitrogens is 1. The van der Waals surface area contributed by atoms with Gasteiger partial charge >= 0.3 is 0 Å². The van der Waals surface area contributed by atoms with Crippen LogP contribution >= 0.6 is 0 Å². The van der Waals surface area contributed by atoms with E-state index in [1.54, 1.807) is 24.5 Å². The average molecular weight is 275 g/mol. The van der Waals surface area contributed by atoms with Crippen molar-refractivity contribution in [3.8, 4) is 11.1 Å². The van der Waals surface area contributed by atoms with Gasteiger partial charge in [-0.3, -0.25) is 4.79 Å². The zero-order chi connectivity index (χ0) is 14.8. The lowest BCUT2D eigenvalue weighted by Gasteiger charge is -2.18. The Bertz CT molecular complexity index is 596. The van der Waals surface area contributed by atoms with Gasteiger partial charge in [-0.05, 0) is 31.5 Å². The minimum absolute atomic E-state index is 0.205. The standard InChI is InChI=1S/C15H18FN3O/c1-15(2,17)9-19-14(20)13-8-18-7-12(13)10-3-5-11(16)6-4-10/h3-8,18H,9,17H2,1-2H3,(H,19,20). The molecule has 2 aromatic rings. The third-order valence-electron chi connectivity index (χ3n) is 2.85. The van der Waals surface area contributed by atoms with Crippen LogP contribution in [0.4, 0.5) is 4.39 Å². The molecule has 1 aromatic carbocycles. The third kappa shape index (κ3) is 3.45. The van der Waals surface area contributed by atoms with E-state index >= 15 is 0 Å². The van der Waals surface area contributed by atoms with Crippen LogP contribution in [0.25, 0.3) is 11.1 Å². The second kappa shape index (κ2) is 5.46. The summed E-state index contributed by atoms with van der Waals surface area (Å²) in [6, 6.07) is 6.02. The Hall–Kier alpha value is -2.14. The molecule has 5 heteroatoms. The topological polar surface area (TPSA) is 70.9 Å². The molecule has 0 radical (unpaired) electrons. The second-order valence-corrected chi connectivity index (χ2v) is 5.46. The zero-order valence-corrected chi connectivity index (χ0v) is 11.5. The SMILES string of the molecule is CC(C)(N)CNC(=O)c1c[nH]cc1-c1ccc(F)cc1. The first-order valence-electron chi connectivity index (χ1n) is 6.36. The van der Waals surface area contributed by atoms with E-state index in [-0.39, 0.29) is 11.7 Å². The summed E-state index contributed by atoms with van der Waals surface area (Å²) in [5, 5.41) is 2.79. The molecule has 2 rings (SSSR count). The van der Waals surface area contributed by atoms with Crippen LogP contribution in [-0.4, -0.2) is 23.0 Å². The largest absolute Gasteiger partial charge is 0.366 e. The maximum Gasteiger partial charge on any atom is 0.253 e. The van der Waals surface area contributed by atoms with Crippen molar-refractivity contribution < 1.29 is 9.18 Å². The van der Waals surface area contributed by atoms with E-state index in [0.29, 0.717) is 12.1 Å². The monoisotopic (exact) mass is 275 g/mol. The van der Waals surface area contributed by atoms with Crippen molar-refractivity contribution >= 4 is 5.91 Å². The minimum atomic E-state index is -0.470. The number of rotatable bonds is 4. The van der Waals surface area contributed by atoms with Crippen LogP contribution in [0.1, 0.15) is 24.2 Å². The predicted molar refractivity (Wildman–Crippen MR) is 76.8 cm³/mol. The molecule has 106 valence electrons. The Morgan fingerprint density at radius 3 is 2.55 bits per heavy atom. The fourth-order valence-corrected chi connectivity index (χ4v) is 1.82. The number of carbonyl (C=O) groups is 1. The van der Waals surface area contributed by atoms with E-state index in [0.717, 1.165) is 11.1 Å². The number of hydrogen-bond acceptors (Lipinski definition) is 2. The highest BCUT2D eigenvalue weighted by atomic mass is 19.1. The van der Waals surface area contributed by atoms with Crippen LogP contribution in [0.2, 0.25) is 0 Å². The van der Waals surface area contributed by atoms with Crippen LogP contribution in [0.3, 0.4) is 0 Å². The number of nitrogens with two attached hydrogens (primary N) is 1. The first kappa shape index (κ1) is 14.3. The van der Waals surface area contributed by atoms with Crippen molar-refractivity contribution in [1.82, 2.24) is 10.3 Å². The maximum absolute atomic E-state index is 12.9. The fraction of sp³-hybridized carbons (Fsp3) is 0.267. The van der Waals surface area contributed by atoms with Crippen LogP contribution in [0, 0.1) is 5.82 Å². The molecule has 0 bridgehead atoms. The highest BCUT2D eigenvalue weighted by Crippen LogP contribution is 2.23. The number of benzene rings is 1. The molecule has 4 nitrogen and oxygen atoms in total. The van der Waals surface area contributed by atoms with Gasteiger partial charge in [0.15, 0.2) is 0 Å². The number of carbonyl (C=O) groups excluding carboxylic acids is 1. The van der Waals surface area contributed by atoms with Gasteiger partial charge in [0, 0.05) is 30.0 Å². The summed E-state index contributed by atoms with van der Waals surface area (Å²) in [6.45, 7) is 4.05. The van der Waals surface area contributed by atoms with Gasteiger partial charge in [0.2, 0.25) is 0 Å². The van der Waals surface area contributed by atoms with E-state index in [4.69, 9.17) is 5.73 Å². The maximum atomic E-state index is 12.9. The lowest BCUT2D eigenvalue weighted by Crippen LogP contribution is -2.45. The Morgan fingerprint density at radius 1 is 1.30 bits per heavy atom. The molecular weight excluding hydrogens is 257 g/mol. The third-order valence-corrected chi connectivity index (χ3v) is 2.85. The van der Waals surface area contributed by atoms with E-state index in [1.165, 1.54) is 12.1 Å². The molecule has 0 aliphatic carbocycles. The Morgan fingerprint density at radius 2 is 1.95 bits per heavy atom. The molecule has 0 unspecified atom stereocenters. The van der Waals surface area contributed by atoms with E-state index in [9.17, 15) is 9.18 Å².